The minimum atomic E-state index is -0.458. The summed E-state index contributed by atoms with van der Waals surface area (Å²) < 4.78 is 5.97. The highest BCUT2D eigenvalue weighted by molar-refractivity contribution is 5.27. The van der Waals surface area contributed by atoms with E-state index in [1.54, 1.807) is 0 Å². The monoisotopic (exact) mass is 321 g/mol. The zero-order chi connectivity index (χ0) is 17.3. The number of aryl methyl sites for hydroxylation is 1. The van der Waals surface area contributed by atoms with Crippen LogP contribution in [0.3, 0.4) is 0 Å². The summed E-state index contributed by atoms with van der Waals surface area (Å²) in [7, 11) is 0. The molecule has 3 nitrogen and oxygen atoms in total. The average molecular weight is 322 g/mol. The third-order valence-corrected chi connectivity index (χ3v) is 4.58. The molecule has 0 aromatic heterocycles. The van der Waals surface area contributed by atoms with E-state index >= 15 is 0 Å². The SMILES string of the molecule is CCC(N)(CO)CCc1ccc(O[C@@H](C)CCCC(C)C)cc1. The maximum atomic E-state index is 9.37. The van der Waals surface area contributed by atoms with Crippen LogP contribution < -0.4 is 10.5 Å². The lowest BCUT2D eigenvalue weighted by atomic mass is 9.90. The quantitative estimate of drug-likeness (QED) is 0.638. The van der Waals surface area contributed by atoms with E-state index < -0.39 is 5.54 Å². The van der Waals surface area contributed by atoms with Gasteiger partial charge in [-0.25, -0.2) is 0 Å². The molecule has 0 saturated heterocycles. The Morgan fingerprint density at radius 1 is 1.13 bits per heavy atom. The summed E-state index contributed by atoms with van der Waals surface area (Å²) in [6.45, 7) is 8.72. The Labute approximate surface area is 142 Å². The van der Waals surface area contributed by atoms with Crippen LogP contribution in [0, 0.1) is 5.92 Å². The summed E-state index contributed by atoms with van der Waals surface area (Å²) in [5.41, 5.74) is 6.91. The van der Waals surface area contributed by atoms with E-state index in [0.717, 1.165) is 37.4 Å². The summed E-state index contributed by atoms with van der Waals surface area (Å²) >= 11 is 0. The molecule has 132 valence electrons. The van der Waals surface area contributed by atoms with Gasteiger partial charge in [-0.15, -0.1) is 0 Å². The molecule has 0 radical (unpaired) electrons. The van der Waals surface area contributed by atoms with Crippen molar-refractivity contribution in [3.8, 4) is 5.75 Å². The molecule has 2 atom stereocenters. The van der Waals surface area contributed by atoms with Crippen molar-refractivity contribution < 1.29 is 9.84 Å². The fraction of sp³-hybridized carbons (Fsp3) is 0.700. The molecule has 0 amide bonds. The highest BCUT2D eigenvalue weighted by Gasteiger charge is 2.20. The molecule has 0 aliphatic heterocycles. The highest BCUT2D eigenvalue weighted by atomic mass is 16.5. The van der Waals surface area contributed by atoms with Crippen LogP contribution in [0.5, 0.6) is 5.75 Å². The van der Waals surface area contributed by atoms with Crippen molar-refractivity contribution in [1.82, 2.24) is 0 Å². The van der Waals surface area contributed by atoms with Crippen LogP contribution in [0.25, 0.3) is 0 Å². The maximum absolute atomic E-state index is 9.37. The third kappa shape index (κ3) is 7.85. The van der Waals surface area contributed by atoms with Crippen LogP contribution >= 0.6 is 0 Å². The van der Waals surface area contributed by atoms with Crippen molar-refractivity contribution >= 4 is 0 Å². The number of ether oxygens (including phenoxy) is 1. The van der Waals surface area contributed by atoms with Gasteiger partial charge in [0.05, 0.1) is 12.7 Å². The number of aliphatic hydroxyl groups is 1. The minimum Gasteiger partial charge on any atom is -0.491 e. The Bertz CT molecular complexity index is 424. The van der Waals surface area contributed by atoms with Gasteiger partial charge in [-0.2, -0.15) is 0 Å². The number of hydrogen-bond donors (Lipinski definition) is 2. The molecule has 1 aromatic rings. The van der Waals surface area contributed by atoms with Crippen molar-refractivity contribution in [3.63, 3.8) is 0 Å². The summed E-state index contributed by atoms with van der Waals surface area (Å²) in [5.74, 6) is 1.70. The van der Waals surface area contributed by atoms with Crippen LogP contribution in [0.1, 0.15) is 65.4 Å². The average Bonchev–Trinajstić information content (AvgIpc) is 2.53. The van der Waals surface area contributed by atoms with Crippen LogP contribution in [-0.4, -0.2) is 23.4 Å². The molecule has 1 unspecified atom stereocenters. The van der Waals surface area contributed by atoms with E-state index in [2.05, 4.69) is 32.9 Å². The molecule has 1 rings (SSSR count). The normalized spacial score (nSPS) is 15.4. The maximum Gasteiger partial charge on any atom is 0.119 e. The lowest BCUT2D eigenvalue weighted by Crippen LogP contribution is -2.43. The molecule has 0 heterocycles. The zero-order valence-electron chi connectivity index (χ0n) is 15.3. The van der Waals surface area contributed by atoms with E-state index in [9.17, 15) is 5.11 Å². The molecule has 3 heteroatoms. The molecular formula is C20H35NO2. The summed E-state index contributed by atoms with van der Waals surface area (Å²) in [5, 5.41) is 9.37. The molecule has 23 heavy (non-hydrogen) atoms. The van der Waals surface area contributed by atoms with Gasteiger partial charge >= 0.3 is 0 Å². The summed E-state index contributed by atoms with van der Waals surface area (Å²) in [6, 6.07) is 8.28. The largest absolute Gasteiger partial charge is 0.491 e. The van der Waals surface area contributed by atoms with Crippen molar-refractivity contribution in [1.29, 1.82) is 0 Å². The van der Waals surface area contributed by atoms with Crippen LogP contribution in [0.15, 0.2) is 24.3 Å². The number of nitrogens with two attached hydrogens (primary N) is 1. The molecule has 3 N–H and O–H groups in total. The first-order chi connectivity index (χ1) is 10.9. The lowest BCUT2D eigenvalue weighted by Gasteiger charge is -2.25. The molecular weight excluding hydrogens is 286 g/mol. The van der Waals surface area contributed by atoms with Crippen molar-refractivity contribution in [2.24, 2.45) is 11.7 Å². The standard InChI is InChI=1S/C20H35NO2/c1-5-20(21,15-22)14-13-18-9-11-19(12-10-18)23-17(4)8-6-7-16(2)3/h9-12,16-17,22H,5-8,13-15,21H2,1-4H3/t17-,20?/m0/s1. The number of hydrogen-bond acceptors (Lipinski definition) is 3. The number of aliphatic hydroxyl groups excluding tert-OH is 1. The molecule has 0 aliphatic rings. The van der Waals surface area contributed by atoms with Gasteiger partial charge in [-0.3, -0.25) is 0 Å². The number of benzene rings is 1. The van der Waals surface area contributed by atoms with Crippen LogP contribution in [-0.2, 0) is 6.42 Å². The Morgan fingerprint density at radius 2 is 1.78 bits per heavy atom. The van der Waals surface area contributed by atoms with Gasteiger partial charge in [-0.1, -0.05) is 39.3 Å². The fourth-order valence-corrected chi connectivity index (χ4v) is 2.60. The molecule has 0 bridgehead atoms. The Kier molecular flexibility index (Phi) is 8.64. The van der Waals surface area contributed by atoms with Crippen molar-refractivity contribution in [2.45, 2.75) is 77.9 Å². The lowest BCUT2D eigenvalue weighted by molar-refractivity contribution is 0.183. The van der Waals surface area contributed by atoms with Gasteiger partial charge in [0.2, 0.25) is 0 Å². The fourth-order valence-electron chi connectivity index (χ4n) is 2.60. The van der Waals surface area contributed by atoms with Gasteiger partial charge in [0.1, 0.15) is 5.75 Å². The van der Waals surface area contributed by atoms with Gasteiger partial charge < -0.3 is 15.6 Å². The zero-order valence-corrected chi connectivity index (χ0v) is 15.3. The Hall–Kier alpha value is -1.06. The van der Waals surface area contributed by atoms with Crippen molar-refractivity contribution in [2.75, 3.05) is 6.61 Å². The first-order valence-corrected chi connectivity index (χ1v) is 9.04. The summed E-state index contributed by atoms with van der Waals surface area (Å²) in [6.07, 6.45) is 6.30. The summed E-state index contributed by atoms with van der Waals surface area (Å²) in [4.78, 5) is 0. The Morgan fingerprint density at radius 3 is 2.30 bits per heavy atom. The van der Waals surface area contributed by atoms with Crippen molar-refractivity contribution in [3.05, 3.63) is 29.8 Å². The van der Waals surface area contributed by atoms with Crippen LogP contribution in [0.4, 0.5) is 0 Å². The molecule has 0 aliphatic carbocycles. The topological polar surface area (TPSA) is 55.5 Å². The first kappa shape index (κ1) is 20.0. The molecule has 0 fully saturated rings. The van der Waals surface area contributed by atoms with Crippen LogP contribution in [0.2, 0.25) is 0 Å². The van der Waals surface area contributed by atoms with E-state index in [0.29, 0.717) is 0 Å². The van der Waals surface area contributed by atoms with Gasteiger partial charge in [-0.05, 0) is 62.6 Å². The van der Waals surface area contributed by atoms with Gasteiger partial charge in [0.15, 0.2) is 0 Å². The van der Waals surface area contributed by atoms with Gasteiger partial charge in [0, 0.05) is 5.54 Å². The van der Waals surface area contributed by atoms with E-state index in [-0.39, 0.29) is 12.7 Å². The molecule has 0 saturated carbocycles. The molecule has 0 spiro atoms. The number of rotatable bonds is 11. The van der Waals surface area contributed by atoms with E-state index in [1.807, 2.05) is 19.1 Å². The second kappa shape index (κ2) is 9.94. The molecule has 1 aromatic carbocycles. The van der Waals surface area contributed by atoms with Gasteiger partial charge in [0.25, 0.3) is 0 Å². The smallest absolute Gasteiger partial charge is 0.119 e. The first-order valence-electron chi connectivity index (χ1n) is 9.04. The third-order valence-electron chi connectivity index (χ3n) is 4.58. The predicted molar refractivity (Wildman–Crippen MR) is 97.8 cm³/mol. The minimum absolute atomic E-state index is 0.0403. The second-order valence-electron chi connectivity index (χ2n) is 7.27. The van der Waals surface area contributed by atoms with E-state index in [4.69, 9.17) is 10.5 Å². The predicted octanol–water partition coefficient (Wildman–Crippen LogP) is 4.31. The second-order valence-corrected chi connectivity index (χ2v) is 7.27. The Balaban J connectivity index is 2.41. The van der Waals surface area contributed by atoms with E-state index in [1.165, 1.54) is 18.4 Å². The highest BCUT2D eigenvalue weighted by Crippen LogP contribution is 2.20.